The normalized spacial score (nSPS) is 13.8. The molecule has 0 aromatic carbocycles. The lowest BCUT2D eigenvalue weighted by Crippen LogP contribution is -2.29. The Morgan fingerprint density at radius 3 is 1.55 bits per heavy atom. The highest BCUT2D eigenvalue weighted by Crippen LogP contribution is 2.43. The molecular formula is C43H78NO8P. The van der Waals surface area contributed by atoms with Gasteiger partial charge in [-0.3, -0.25) is 18.6 Å². The third-order valence-electron chi connectivity index (χ3n) is 8.73. The number of carbonyl (C=O) groups excluding carboxylic acids is 2. The fourth-order valence-electron chi connectivity index (χ4n) is 5.62. The van der Waals surface area contributed by atoms with E-state index in [4.69, 9.17) is 24.3 Å². The van der Waals surface area contributed by atoms with Gasteiger partial charge >= 0.3 is 19.8 Å². The summed E-state index contributed by atoms with van der Waals surface area (Å²) in [5.74, 6) is -0.875. The lowest BCUT2D eigenvalue weighted by atomic mass is 10.0. The maximum absolute atomic E-state index is 12.6. The smallest absolute Gasteiger partial charge is 0.462 e. The van der Waals surface area contributed by atoms with Gasteiger partial charge in [-0.05, 0) is 51.4 Å². The first kappa shape index (κ1) is 51.0. The average Bonchev–Trinajstić information content (AvgIpc) is 3.14. The van der Waals surface area contributed by atoms with Gasteiger partial charge in [-0.1, -0.05) is 165 Å². The van der Waals surface area contributed by atoms with Crippen molar-refractivity contribution >= 4 is 19.8 Å². The number of esters is 2. The fraction of sp³-hybridized carbons (Fsp3) is 0.767. The molecule has 308 valence electrons. The van der Waals surface area contributed by atoms with Gasteiger partial charge in [-0.25, -0.2) is 4.57 Å². The lowest BCUT2D eigenvalue weighted by molar-refractivity contribution is -0.161. The van der Waals surface area contributed by atoms with Gasteiger partial charge in [0.15, 0.2) is 6.10 Å². The number of rotatable bonds is 39. The highest BCUT2D eigenvalue weighted by Gasteiger charge is 2.26. The van der Waals surface area contributed by atoms with E-state index in [9.17, 15) is 19.0 Å². The molecule has 0 aliphatic heterocycles. The first-order valence-electron chi connectivity index (χ1n) is 21.1. The lowest BCUT2D eigenvalue weighted by Gasteiger charge is -2.19. The van der Waals surface area contributed by atoms with Crippen LogP contribution >= 0.6 is 7.82 Å². The van der Waals surface area contributed by atoms with Gasteiger partial charge in [-0.2, -0.15) is 0 Å². The number of allylic oxidation sites excluding steroid dienone is 8. The molecule has 0 saturated carbocycles. The van der Waals surface area contributed by atoms with Crippen LogP contribution in [-0.2, 0) is 32.7 Å². The van der Waals surface area contributed by atoms with Crippen molar-refractivity contribution in [2.45, 2.75) is 187 Å². The summed E-state index contributed by atoms with van der Waals surface area (Å²) < 4.78 is 32.7. The fourth-order valence-corrected chi connectivity index (χ4v) is 6.39. The summed E-state index contributed by atoms with van der Waals surface area (Å²) in [5.41, 5.74) is 5.34. The molecule has 0 aromatic heterocycles. The van der Waals surface area contributed by atoms with Crippen molar-refractivity contribution in [3.8, 4) is 0 Å². The molecule has 0 amide bonds. The van der Waals surface area contributed by atoms with Gasteiger partial charge in [0, 0.05) is 19.4 Å². The van der Waals surface area contributed by atoms with E-state index in [1.807, 2.05) is 0 Å². The van der Waals surface area contributed by atoms with Crippen LogP contribution in [0.5, 0.6) is 0 Å². The molecule has 0 aromatic rings. The summed E-state index contributed by atoms with van der Waals surface area (Å²) in [7, 11) is -4.38. The highest BCUT2D eigenvalue weighted by molar-refractivity contribution is 7.47. The average molecular weight is 768 g/mol. The zero-order valence-corrected chi connectivity index (χ0v) is 34.6. The monoisotopic (exact) mass is 768 g/mol. The van der Waals surface area contributed by atoms with E-state index < -0.39 is 32.5 Å². The Morgan fingerprint density at radius 1 is 0.585 bits per heavy atom. The van der Waals surface area contributed by atoms with Crippen molar-refractivity contribution in [1.82, 2.24) is 0 Å². The Kier molecular flexibility index (Phi) is 38.1. The van der Waals surface area contributed by atoms with Crippen LogP contribution in [-0.4, -0.2) is 49.3 Å². The summed E-state index contributed by atoms with van der Waals surface area (Å²) in [6, 6.07) is 0. The number of phosphoric ester groups is 1. The van der Waals surface area contributed by atoms with E-state index >= 15 is 0 Å². The predicted molar refractivity (Wildman–Crippen MR) is 220 cm³/mol. The van der Waals surface area contributed by atoms with Gasteiger partial charge < -0.3 is 20.1 Å². The molecule has 1 unspecified atom stereocenters. The number of phosphoric acid groups is 1. The van der Waals surface area contributed by atoms with Crippen LogP contribution in [0.1, 0.15) is 181 Å². The Morgan fingerprint density at radius 2 is 1.04 bits per heavy atom. The van der Waals surface area contributed by atoms with Crippen molar-refractivity contribution in [1.29, 1.82) is 0 Å². The molecule has 0 heterocycles. The SMILES string of the molecule is CCC=CCC=CCC=CCC=CCCCCC(=O)OC[C@H](COP(=O)(O)OCCN)OC(=O)CCCCCCCCCCCCCCCCCCC. The van der Waals surface area contributed by atoms with Crippen molar-refractivity contribution in [2.75, 3.05) is 26.4 Å². The number of carbonyl (C=O) groups is 2. The molecule has 0 bridgehead atoms. The second kappa shape index (κ2) is 39.7. The number of ether oxygens (including phenoxy) is 2. The molecule has 0 saturated heterocycles. The van der Waals surface area contributed by atoms with Crippen molar-refractivity contribution in [2.24, 2.45) is 5.73 Å². The molecule has 0 aliphatic carbocycles. The van der Waals surface area contributed by atoms with Gasteiger partial charge in [0.05, 0.1) is 13.2 Å². The minimum absolute atomic E-state index is 0.0472. The molecule has 0 radical (unpaired) electrons. The predicted octanol–water partition coefficient (Wildman–Crippen LogP) is 11.9. The van der Waals surface area contributed by atoms with E-state index in [-0.39, 0.29) is 32.6 Å². The quantitative estimate of drug-likeness (QED) is 0.0271. The molecule has 0 aliphatic rings. The van der Waals surface area contributed by atoms with Gasteiger partial charge in [0.1, 0.15) is 6.61 Å². The molecule has 0 fully saturated rings. The Hall–Kier alpha value is -2.03. The second-order valence-corrected chi connectivity index (χ2v) is 15.3. The Balaban J connectivity index is 4.21. The molecule has 2 atom stereocenters. The molecule has 0 spiro atoms. The summed E-state index contributed by atoms with van der Waals surface area (Å²) in [4.78, 5) is 34.8. The first-order chi connectivity index (χ1) is 25.8. The second-order valence-electron chi connectivity index (χ2n) is 13.8. The summed E-state index contributed by atoms with van der Waals surface area (Å²) in [6.45, 7) is 3.57. The van der Waals surface area contributed by atoms with Crippen LogP contribution in [0.3, 0.4) is 0 Å². The number of hydrogen-bond donors (Lipinski definition) is 2. The number of nitrogens with two attached hydrogens (primary N) is 1. The van der Waals surface area contributed by atoms with Gasteiger partial charge in [0.2, 0.25) is 0 Å². The highest BCUT2D eigenvalue weighted by atomic mass is 31.2. The minimum Gasteiger partial charge on any atom is -0.462 e. The van der Waals surface area contributed by atoms with Crippen LogP contribution in [0.2, 0.25) is 0 Å². The zero-order chi connectivity index (χ0) is 38.9. The number of hydrogen-bond acceptors (Lipinski definition) is 8. The van der Waals surface area contributed by atoms with E-state index in [2.05, 4.69) is 62.5 Å². The molecule has 0 rings (SSSR count). The zero-order valence-electron chi connectivity index (χ0n) is 33.7. The summed E-state index contributed by atoms with van der Waals surface area (Å²) in [5, 5.41) is 0. The van der Waals surface area contributed by atoms with E-state index in [0.717, 1.165) is 57.8 Å². The first-order valence-corrected chi connectivity index (χ1v) is 22.6. The molecule has 3 N–H and O–H groups in total. The number of unbranched alkanes of at least 4 members (excludes halogenated alkanes) is 18. The molecule has 53 heavy (non-hydrogen) atoms. The Bertz CT molecular complexity index is 1010. The van der Waals surface area contributed by atoms with Crippen LogP contribution in [0, 0.1) is 0 Å². The van der Waals surface area contributed by atoms with Crippen LogP contribution in [0.15, 0.2) is 48.6 Å². The third-order valence-corrected chi connectivity index (χ3v) is 9.71. The van der Waals surface area contributed by atoms with Crippen molar-refractivity contribution in [3.63, 3.8) is 0 Å². The van der Waals surface area contributed by atoms with Crippen LogP contribution in [0.25, 0.3) is 0 Å². The summed E-state index contributed by atoms with van der Waals surface area (Å²) >= 11 is 0. The van der Waals surface area contributed by atoms with E-state index in [1.165, 1.54) is 83.5 Å². The van der Waals surface area contributed by atoms with Gasteiger partial charge in [0.25, 0.3) is 0 Å². The van der Waals surface area contributed by atoms with E-state index in [0.29, 0.717) is 12.8 Å². The topological polar surface area (TPSA) is 134 Å². The molecule has 10 heteroatoms. The van der Waals surface area contributed by atoms with Crippen LogP contribution in [0.4, 0.5) is 0 Å². The Labute approximate surface area is 324 Å². The van der Waals surface area contributed by atoms with Crippen molar-refractivity contribution < 1.29 is 37.6 Å². The summed E-state index contributed by atoms with van der Waals surface area (Å²) in [6.07, 6.45) is 44.3. The maximum atomic E-state index is 12.6. The largest absolute Gasteiger partial charge is 0.472 e. The van der Waals surface area contributed by atoms with E-state index in [1.54, 1.807) is 0 Å². The molecule has 9 nitrogen and oxygen atoms in total. The molecular weight excluding hydrogens is 689 g/mol. The minimum atomic E-state index is -4.38. The van der Waals surface area contributed by atoms with Crippen LogP contribution < -0.4 is 5.73 Å². The standard InChI is InChI=1S/C43H78NO8P/c1-3-5-7-9-11-13-15-17-19-20-22-24-26-28-30-32-34-36-43(46)52-41(40-51-53(47,48)50-38-37-44)39-49-42(45)35-33-31-29-27-25-23-21-18-16-14-12-10-8-6-4-2/h6,8,12,14,18,21,25,27,41H,3-5,7,9-11,13,15-17,19-20,22-24,26,28-40,44H2,1-2H3,(H,47,48)/t41-/m1/s1. The maximum Gasteiger partial charge on any atom is 0.472 e. The van der Waals surface area contributed by atoms with Gasteiger partial charge in [-0.15, -0.1) is 0 Å². The third kappa shape index (κ3) is 39.5. The van der Waals surface area contributed by atoms with Crippen molar-refractivity contribution in [3.05, 3.63) is 48.6 Å².